The third-order valence-electron chi connectivity index (χ3n) is 2.35. The Kier molecular flexibility index (Phi) is 3.72. The van der Waals surface area contributed by atoms with E-state index >= 15 is 0 Å². The van der Waals surface area contributed by atoms with Crippen LogP contribution in [0.2, 0.25) is 0 Å². The van der Waals surface area contributed by atoms with Crippen LogP contribution in [0.4, 0.5) is 0 Å². The van der Waals surface area contributed by atoms with Gasteiger partial charge in [-0.25, -0.2) is 0 Å². The lowest BCUT2D eigenvalue weighted by atomic mass is 9.98. The first-order valence-electron chi connectivity index (χ1n) is 5.06. The van der Waals surface area contributed by atoms with Crippen LogP contribution < -0.4 is 0 Å². The van der Waals surface area contributed by atoms with Crippen molar-refractivity contribution in [3.05, 3.63) is 34.9 Å². The Morgan fingerprint density at radius 3 is 2.25 bits per heavy atom. The lowest BCUT2D eigenvalue weighted by molar-refractivity contribution is -0.116. The zero-order valence-electron chi connectivity index (χ0n) is 9.66. The van der Waals surface area contributed by atoms with Crippen molar-refractivity contribution in [1.29, 1.82) is 0 Å². The van der Waals surface area contributed by atoms with Crippen LogP contribution in [0.5, 0.6) is 0 Å². The van der Waals surface area contributed by atoms with Crippen molar-refractivity contribution in [2.45, 2.75) is 27.2 Å². The summed E-state index contributed by atoms with van der Waals surface area (Å²) in [5.41, 5.74) is 1.75. The maximum Gasteiger partial charge on any atom is 0.170 e. The summed E-state index contributed by atoms with van der Waals surface area (Å²) in [6.45, 7) is 4.61. The largest absolute Gasteiger partial charge is 0.300 e. The zero-order valence-corrected chi connectivity index (χ0v) is 9.66. The fourth-order valence-electron chi connectivity index (χ4n) is 1.46. The molecule has 1 aromatic carbocycles. The van der Waals surface area contributed by atoms with E-state index in [-0.39, 0.29) is 23.8 Å². The topological polar surface area (TPSA) is 51.2 Å². The standard InChI is InChI=1S/C13H14O3/c1-8-4-5-11(10(3)15)7-12(8)13(16)6-9(2)14/h4-5,7H,6H2,1-3H3. The number of carbonyl (C=O) groups excluding carboxylic acids is 3. The second-order valence-corrected chi connectivity index (χ2v) is 3.89. The summed E-state index contributed by atoms with van der Waals surface area (Å²) in [7, 11) is 0. The summed E-state index contributed by atoms with van der Waals surface area (Å²) in [6.07, 6.45) is -0.109. The van der Waals surface area contributed by atoms with Crippen molar-refractivity contribution in [2.24, 2.45) is 0 Å². The van der Waals surface area contributed by atoms with E-state index in [1.807, 2.05) is 0 Å². The molecule has 0 radical (unpaired) electrons. The Morgan fingerprint density at radius 1 is 1.12 bits per heavy atom. The summed E-state index contributed by atoms with van der Waals surface area (Å²) in [6, 6.07) is 4.97. The van der Waals surface area contributed by atoms with Crippen LogP contribution in [0.3, 0.4) is 0 Å². The SMILES string of the molecule is CC(=O)CC(=O)c1cc(C(C)=O)ccc1C. The second kappa shape index (κ2) is 4.84. The molecule has 3 nitrogen and oxygen atoms in total. The summed E-state index contributed by atoms with van der Waals surface area (Å²) >= 11 is 0. The van der Waals surface area contributed by atoms with Crippen molar-refractivity contribution >= 4 is 17.3 Å². The Bertz CT molecular complexity index is 458. The van der Waals surface area contributed by atoms with Gasteiger partial charge in [-0.05, 0) is 32.4 Å². The minimum absolute atomic E-state index is 0.0862. The number of carbonyl (C=O) groups is 3. The molecule has 0 saturated carbocycles. The minimum atomic E-state index is -0.229. The quantitative estimate of drug-likeness (QED) is 0.575. The number of benzene rings is 1. The lowest BCUT2D eigenvalue weighted by Gasteiger charge is -2.05. The molecule has 0 aliphatic carbocycles. The van der Waals surface area contributed by atoms with E-state index in [0.29, 0.717) is 11.1 Å². The Morgan fingerprint density at radius 2 is 1.75 bits per heavy atom. The number of hydrogen-bond donors (Lipinski definition) is 0. The van der Waals surface area contributed by atoms with Crippen molar-refractivity contribution in [3.63, 3.8) is 0 Å². The number of ketones is 3. The first-order chi connectivity index (χ1) is 7.41. The Balaban J connectivity index is 3.11. The van der Waals surface area contributed by atoms with Gasteiger partial charge in [0.2, 0.25) is 0 Å². The highest BCUT2D eigenvalue weighted by Crippen LogP contribution is 2.14. The summed E-state index contributed by atoms with van der Waals surface area (Å²) < 4.78 is 0. The maximum absolute atomic E-state index is 11.7. The molecule has 0 aliphatic heterocycles. The minimum Gasteiger partial charge on any atom is -0.300 e. The average Bonchev–Trinajstić information content (AvgIpc) is 2.16. The summed E-state index contributed by atoms with van der Waals surface area (Å²) in [5, 5.41) is 0. The van der Waals surface area contributed by atoms with Crippen LogP contribution in [0.15, 0.2) is 18.2 Å². The van der Waals surface area contributed by atoms with Gasteiger partial charge in [-0.1, -0.05) is 12.1 Å². The first kappa shape index (κ1) is 12.3. The molecular formula is C13H14O3. The second-order valence-electron chi connectivity index (χ2n) is 3.89. The molecular weight excluding hydrogens is 204 g/mol. The van der Waals surface area contributed by atoms with Crippen LogP contribution >= 0.6 is 0 Å². The Labute approximate surface area is 94.5 Å². The molecule has 0 N–H and O–H groups in total. The number of Topliss-reactive ketones (excluding diaryl/α,β-unsaturated/α-hetero) is 3. The molecule has 0 fully saturated rings. The molecule has 1 rings (SSSR count). The molecule has 0 spiro atoms. The van der Waals surface area contributed by atoms with Crippen molar-refractivity contribution in [2.75, 3.05) is 0 Å². The molecule has 0 amide bonds. The van der Waals surface area contributed by atoms with Gasteiger partial charge in [0, 0.05) is 11.1 Å². The zero-order chi connectivity index (χ0) is 12.3. The van der Waals surface area contributed by atoms with Crippen molar-refractivity contribution in [3.8, 4) is 0 Å². The molecule has 0 aromatic heterocycles. The van der Waals surface area contributed by atoms with E-state index in [4.69, 9.17) is 0 Å². The van der Waals surface area contributed by atoms with Crippen LogP contribution in [0.1, 0.15) is 46.5 Å². The molecule has 0 atom stereocenters. The van der Waals surface area contributed by atoms with E-state index < -0.39 is 0 Å². The average molecular weight is 218 g/mol. The van der Waals surface area contributed by atoms with Gasteiger partial charge in [-0.15, -0.1) is 0 Å². The van der Waals surface area contributed by atoms with E-state index in [2.05, 4.69) is 0 Å². The first-order valence-corrected chi connectivity index (χ1v) is 5.06. The van der Waals surface area contributed by atoms with Gasteiger partial charge in [0.25, 0.3) is 0 Å². The molecule has 1 aromatic rings. The molecule has 0 aliphatic rings. The summed E-state index contributed by atoms with van der Waals surface area (Å²) in [5.74, 6) is -0.484. The smallest absolute Gasteiger partial charge is 0.170 e. The number of hydrogen-bond acceptors (Lipinski definition) is 3. The van der Waals surface area contributed by atoms with Gasteiger partial charge in [-0.2, -0.15) is 0 Å². The van der Waals surface area contributed by atoms with Gasteiger partial charge in [0.05, 0.1) is 6.42 Å². The molecule has 0 saturated heterocycles. The Hall–Kier alpha value is -1.77. The van der Waals surface area contributed by atoms with Crippen LogP contribution in [-0.4, -0.2) is 17.3 Å². The van der Waals surface area contributed by atoms with Gasteiger partial charge < -0.3 is 0 Å². The molecule has 0 heterocycles. The predicted octanol–water partition coefficient (Wildman–Crippen LogP) is 2.36. The fourth-order valence-corrected chi connectivity index (χ4v) is 1.46. The number of rotatable bonds is 4. The van der Waals surface area contributed by atoms with Crippen LogP contribution in [0.25, 0.3) is 0 Å². The molecule has 0 unspecified atom stereocenters. The van der Waals surface area contributed by atoms with Crippen molar-refractivity contribution < 1.29 is 14.4 Å². The molecule has 0 bridgehead atoms. The van der Waals surface area contributed by atoms with E-state index in [0.717, 1.165) is 5.56 Å². The lowest BCUT2D eigenvalue weighted by Crippen LogP contribution is -2.08. The third kappa shape index (κ3) is 2.86. The van der Waals surface area contributed by atoms with Gasteiger partial charge in [-0.3, -0.25) is 14.4 Å². The van der Waals surface area contributed by atoms with Crippen LogP contribution in [0, 0.1) is 6.92 Å². The number of aryl methyl sites for hydroxylation is 1. The monoisotopic (exact) mass is 218 g/mol. The fraction of sp³-hybridized carbons (Fsp3) is 0.308. The van der Waals surface area contributed by atoms with E-state index in [1.165, 1.54) is 13.8 Å². The van der Waals surface area contributed by atoms with Crippen molar-refractivity contribution in [1.82, 2.24) is 0 Å². The molecule has 16 heavy (non-hydrogen) atoms. The molecule has 3 heteroatoms. The van der Waals surface area contributed by atoms with E-state index in [9.17, 15) is 14.4 Å². The predicted molar refractivity (Wildman–Crippen MR) is 60.8 cm³/mol. The highest BCUT2D eigenvalue weighted by molar-refractivity contribution is 6.09. The molecule has 84 valence electrons. The van der Waals surface area contributed by atoms with E-state index in [1.54, 1.807) is 25.1 Å². The highest BCUT2D eigenvalue weighted by atomic mass is 16.1. The van der Waals surface area contributed by atoms with Crippen LogP contribution in [-0.2, 0) is 4.79 Å². The normalized spacial score (nSPS) is 9.94. The highest BCUT2D eigenvalue weighted by Gasteiger charge is 2.13. The third-order valence-corrected chi connectivity index (χ3v) is 2.35. The van der Waals surface area contributed by atoms with Gasteiger partial charge >= 0.3 is 0 Å². The van der Waals surface area contributed by atoms with Gasteiger partial charge in [0.15, 0.2) is 11.6 Å². The maximum atomic E-state index is 11.7. The van der Waals surface area contributed by atoms with Gasteiger partial charge in [0.1, 0.15) is 5.78 Å². The summed E-state index contributed by atoms with van der Waals surface area (Å²) in [4.78, 5) is 33.8.